The van der Waals surface area contributed by atoms with Crippen LogP contribution < -0.4 is 10.2 Å². The first-order valence-corrected chi connectivity index (χ1v) is 6.27. The highest BCUT2D eigenvalue weighted by Gasteiger charge is 2.27. The smallest absolute Gasteiger partial charge is 0.318 e. The third kappa shape index (κ3) is 3.18. The van der Waals surface area contributed by atoms with Gasteiger partial charge in [-0.05, 0) is 13.5 Å². The number of aromatic nitrogens is 2. The van der Waals surface area contributed by atoms with Gasteiger partial charge in [0.2, 0.25) is 5.89 Å². The summed E-state index contributed by atoms with van der Waals surface area (Å²) in [6.07, 6.45) is -0.155. The Morgan fingerprint density at radius 2 is 2.28 bits per heavy atom. The second-order valence-corrected chi connectivity index (χ2v) is 4.41. The third-order valence-electron chi connectivity index (χ3n) is 2.78. The number of hydrogen-bond acceptors (Lipinski definition) is 7. The molecular weight excluding hydrogens is 236 g/mol. The Morgan fingerprint density at radius 1 is 1.44 bits per heavy atom. The zero-order valence-electron chi connectivity index (χ0n) is 10.8. The normalized spacial score (nSPS) is 24.5. The van der Waals surface area contributed by atoms with Gasteiger partial charge in [-0.15, -0.1) is 5.10 Å². The molecule has 7 heteroatoms. The van der Waals surface area contributed by atoms with Gasteiger partial charge in [0.05, 0.1) is 31.9 Å². The summed E-state index contributed by atoms with van der Waals surface area (Å²) in [5.74, 6) is 0.576. The third-order valence-corrected chi connectivity index (χ3v) is 2.78. The molecule has 1 fully saturated rings. The lowest BCUT2D eigenvalue weighted by Crippen LogP contribution is -2.48. The zero-order chi connectivity index (χ0) is 13.0. The Morgan fingerprint density at radius 3 is 3.00 bits per heavy atom. The maximum absolute atomic E-state index is 9.17. The van der Waals surface area contributed by atoms with Gasteiger partial charge in [-0.1, -0.05) is 12.0 Å². The van der Waals surface area contributed by atoms with Crippen molar-refractivity contribution >= 4 is 6.01 Å². The van der Waals surface area contributed by atoms with E-state index >= 15 is 0 Å². The first kappa shape index (κ1) is 13.3. The van der Waals surface area contributed by atoms with E-state index in [4.69, 9.17) is 14.3 Å². The number of aliphatic hydroxyl groups excluding tert-OH is 1. The summed E-state index contributed by atoms with van der Waals surface area (Å²) in [7, 11) is 0. The molecule has 2 unspecified atom stereocenters. The van der Waals surface area contributed by atoms with Crippen LogP contribution in [-0.4, -0.2) is 53.8 Å². The number of anilines is 1. The highest BCUT2D eigenvalue weighted by atomic mass is 16.5. The van der Waals surface area contributed by atoms with Crippen molar-refractivity contribution in [2.24, 2.45) is 0 Å². The van der Waals surface area contributed by atoms with E-state index < -0.39 is 0 Å². The molecule has 0 radical (unpaired) electrons. The van der Waals surface area contributed by atoms with Crippen molar-refractivity contribution in [3.63, 3.8) is 0 Å². The van der Waals surface area contributed by atoms with Gasteiger partial charge in [0.15, 0.2) is 0 Å². The standard InChI is InChI=1S/C11H20N4O3/c1-3-12-4-10-13-14-11(18-10)15-5-8(2)17-9(6-15)7-16/h8-9,12,16H,3-7H2,1-2H3. The van der Waals surface area contributed by atoms with Crippen LogP contribution in [-0.2, 0) is 11.3 Å². The van der Waals surface area contributed by atoms with Crippen LogP contribution in [0.2, 0.25) is 0 Å². The average molecular weight is 256 g/mol. The molecule has 1 aromatic heterocycles. The topological polar surface area (TPSA) is 83.7 Å². The number of aliphatic hydroxyl groups is 1. The highest BCUT2D eigenvalue weighted by molar-refractivity contribution is 5.25. The van der Waals surface area contributed by atoms with Crippen LogP contribution in [0.15, 0.2) is 4.42 Å². The molecule has 1 aliphatic rings. The molecule has 7 nitrogen and oxygen atoms in total. The van der Waals surface area contributed by atoms with Gasteiger partial charge >= 0.3 is 6.01 Å². The van der Waals surface area contributed by atoms with Crippen LogP contribution in [0, 0.1) is 0 Å². The van der Waals surface area contributed by atoms with Gasteiger partial charge in [-0.3, -0.25) is 0 Å². The summed E-state index contributed by atoms with van der Waals surface area (Å²) in [6, 6.07) is 0.497. The van der Waals surface area contributed by atoms with Crippen molar-refractivity contribution in [1.82, 2.24) is 15.5 Å². The van der Waals surface area contributed by atoms with Crippen LogP contribution in [0.25, 0.3) is 0 Å². The van der Waals surface area contributed by atoms with Crippen LogP contribution >= 0.6 is 0 Å². The minimum atomic E-state index is -0.196. The Balaban J connectivity index is 1.99. The molecule has 0 aromatic carbocycles. The summed E-state index contributed by atoms with van der Waals surface area (Å²) in [6.45, 7) is 6.69. The number of nitrogens with one attached hydrogen (secondary N) is 1. The number of hydrogen-bond donors (Lipinski definition) is 2. The molecule has 2 rings (SSSR count). The Bertz CT molecular complexity index is 371. The predicted octanol–water partition coefficient (Wildman–Crippen LogP) is -0.235. The van der Waals surface area contributed by atoms with Crippen molar-refractivity contribution < 1.29 is 14.3 Å². The van der Waals surface area contributed by atoms with Gasteiger partial charge in [-0.25, -0.2) is 0 Å². The largest absolute Gasteiger partial charge is 0.407 e. The lowest BCUT2D eigenvalue weighted by atomic mass is 10.2. The Hall–Kier alpha value is -1.18. The van der Waals surface area contributed by atoms with Crippen LogP contribution in [0.4, 0.5) is 6.01 Å². The summed E-state index contributed by atoms with van der Waals surface area (Å²) in [5, 5.41) is 20.3. The van der Waals surface area contributed by atoms with Gasteiger partial charge in [0, 0.05) is 6.54 Å². The second kappa shape index (κ2) is 6.12. The molecule has 2 heterocycles. The molecule has 1 aliphatic heterocycles. The molecule has 1 aromatic rings. The van der Waals surface area contributed by atoms with Crippen molar-refractivity contribution in [2.75, 3.05) is 31.1 Å². The SMILES string of the molecule is CCNCc1nnc(N2CC(C)OC(CO)C2)o1. The summed E-state index contributed by atoms with van der Waals surface area (Å²) < 4.78 is 11.1. The molecule has 102 valence electrons. The van der Waals surface area contributed by atoms with Crippen LogP contribution in [0.5, 0.6) is 0 Å². The summed E-state index contributed by atoms with van der Waals surface area (Å²) in [5.41, 5.74) is 0. The fourth-order valence-corrected chi connectivity index (χ4v) is 1.98. The van der Waals surface area contributed by atoms with Crippen molar-refractivity contribution in [2.45, 2.75) is 32.6 Å². The van der Waals surface area contributed by atoms with Gasteiger partial charge < -0.3 is 24.5 Å². The fraction of sp³-hybridized carbons (Fsp3) is 0.818. The first-order chi connectivity index (χ1) is 8.72. The van der Waals surface area contributed by atoms with E-state index in [2.05, 4.69) is 15.5 Å². The number of rotatable bonds is 5. The quantitative estimate of drug-likeness (QED) is 0.752. The molecular formula is C11H20N4O3. The Kier molecular flexibility index (Phi) is 4.51. The molecule has 2 atom stereocenters. The summed E-state index contributed by atoms with van der Waals surface area (Å²) in [4.78, 5) is 1.96. The number of nitrogens with zero attached hydrogens (tertiary/aromatic N) is 3. The van der Waals surface area contributed by atoms with Crippen LogP contribution in [0.1, 0.15) is 19.7 Å². The van der Waals surface area contributed by atoms with Crippen molar-refractivity contribution in [3.8, 4) is 0 Å². The minimum Gasteiger partial charge on any atom is -0.407 e. The molecule has 0 aliphatic carbocycles. The van der Waals surface area contributed by atoms with E-state index in [1.54, 1.807) is 0 Å². The van der Waals surface area contributed by atoms with Crippen molar-refractivity contribution in [3.05, 3.63) is 5.89 Å². The van der Waals surface area contributed by atoms with Crippen LogP contribution in [0.3, 0.4) is 0 Å². The van der Waals surface area contributed by atoms with E-state index in [1.807, 2.05) is 18.7 Å². The maximum Gasteiger partial charge on any atom is 0.318 e. The predicted molar refractivity (Wildman–Crippen MR) is 65.3 cm³/mol. The van der Waals surface area contributed by atoms with Gasteiger partial charge in [-0.2, -0.15) is 0 Å². The van der Waals surface area contributed by atoms with E-state index in [9.17, 15) is 0 Å². The number of morpholine rings is 1. The molecule has 0 bridgehead atoms. The van der Waals surface area contributed by atoms with Gasteiger partial charge in [0.1, 0.15) is 0 Å². The fourth-order valence-electron chi connectivity index (χ4n) is 1.98. The molecule has 18 heavy (non-hydrogen) atoms. The maximum atomic E-state index is 9.17. The van der Waals surface area contributed by atoms with E-state index in [0.29, 0.717) is 31.5 Å². The van der Waals surface area contributed by atoms with Crippen molar-refractivity contribution in [1.29, 1.82) is 0 Å². The van der Waals surface area contributed by atoms with Gasteiger partial charge in [0.25, 0.3) is 0 Å². The number of ether oxygens (including phenoxy) is 1. The summed E-state index contributed by atoms with van der Waals surface area (Å²) >= 11 is 0. The molecule has 0 spiro atoms. The molecule has 0 saturated carbocycles. The molecule has 2 N–H and O–H groups in total. The molecule has 0 amide bonds. The highest BCUT2D eigenvalue weighted by Crippen LogP contribution is 2.18. The monoisotopic (exact) mass is 256 g/mol. The lowest BCUT2D eigenvalue weighted by molar-refractivity contribution is -0.0433. The van der Waals surface area contributed by atoms with E-state index in [1.165, 1.54) is 0 Å². The first-order valence-electron chi connectivity index (χ1n) is 6.27. The van der Waals surface area contributed by atoms with E-state index in [-0.39, 0.29) is 18.8 Å². The minimum absolute atomic E-state index is 0.000769. The zero-order valence-corrected chi connectivity index (χ0v) is 10.8. The van der Waals surface area contributed by atoms with E-state index in [0.717, 1.165) is 6.54 Å². The average Bonchev–Trinajstić information content (AvgIpc) is 2.84. The molecule has 1 saturated heterocycles. The lowest BCUT2D eigenvalue weighted by Gasteiger charge is -2.34. The second-order valence-electron chi connectivity index (χ2n) is 4.41. The Labute approximate surface area is 106 Å².